The highest BCUT2D eigenvalue weighted by atomic mass is 32.2. The minimum atomic E-state index is -0.228. The highest BCUT2D eigenvalue weighted by Gasteiger charge is 2.33. The molecule has 2 aromatic carbocycles. The summed E-state index contributed by atoms with van der Waals surface area (Å²) >= 11 is 1.36. The van der Waals surface area contributed by atoms with Gasteiger partial charge in [-0.25, -0.2) is 9.38 Å². The normalized spacial score (nSPS) is 19.5. The third kappa shape index (κ3) is 4.29. The molecule has 2 aliphatic heterocycles. The minimum Gasteiger partial charge on any atom is -0.369 e. The smallest absolute Gasteiger partial charge is 0.266 e. The molecule has 6 heteroatoms. The first-order chi connectivity index (χ1) is 14.6. The highest BCUT2D eigenvalue weighted by Crippen LogP contribution is 2.35. The fraction of sp³-hybridized carbons (Fsp3) is 0.333. The third-order valence-corrected chi connectivity index (χ3v) is 6.39. The summed E-state index contributed by atoms with van der Waals surface area (Å²) < 4.78 is 14.8. The van der Waals surface area contributed by atoms with Crippen molar-refractivity contribution in [2.75, 3.05) is 24.5 Å². The van der Waals surface area contributed by atoms with Crippen molar-refractivity contribution in [1.29, 1.82) is 0 Å². The molecule has 4 rings (SSSR count). The minimum absolute atomic E-state index is 0.0695. The molecule has 30 heavy (non-hydrogen) atoms. The number of hydrogen-bond donors (Lipinski definition) is 0. The van der Waals surface area contributed by atoms with E-state index < -0.39 is 0 Å². The van der Waals surface area contributed by atoms with Crippen LogP contribution in [0.4, 0.5) is 15.8 Å². The van der Waals surface area contributed by atoms with E-state index in [9.17, 15) is 9.18 Å². The fourth-order valence-electron chi connectivity index (χ4n) is 3.80. The van der Waals surface area contributed by atoms with Crippen LogP contribution in [-0.4, -0.2) is 35.6 Å². The van der Waals surface area contributed by atoms with Gasteiger partial charge in [-0.15, -0.1) is 0 Å². The average molecular weight is 424 g/mol. The van der Waals surface area contributed by atoms with E-state index in [0.717, 1.165) is 49.2 Å². The van der Waals surface area contributed by atoms with E-state index in [1.807, 2.05) is 50.2 Å². The van der Waals surface area contributed by atoms with E-state index in [4.69, 9.17) is 0 Å². The van der Waals surface area contributed by atoms with Gasteiger partial charge in [0.2, 0.25) is 0 Å². The van der Waals surface area contributed by atoms with Gasteiger partial charge in [-0.1, -0.05) is 25.1 Å². The van der Waals surface area contributed by atoms with Gasteiger partial charge >= 0.3 is 0 Å². The molecule has 0 aliphatic carbocycles. The monoisotopic (exact) mass is 423 g/mol. The summed E-state index contributed by atoms with van der Waals surface area (Å²) in [7, 11) is 0. The number of amidine groups is 1. The van der Waals surface area contributed by atoms with Gasteiger partial charge in [-0.3, -0.25) is 9.69 Å². The summed E-state index contributed by atoms with van der Waals surface area (Å²) in [5, 5.41) is 0.672. The Hall–Kier alpha value is -2.60. The lowest BCUT2D eigenvalue weighted by atomic mass is 10.1. The number of halogens is 1. The average Bonchev–Trinajstić information content (AvgIpc) is 3.36. The van der Waals surface area contributed by atoms with Gasteiger partial charge in [0.05, 0.1) is 16.3 Å². The van der Waals surface area contributed by atoms with Crippen LogP contribution in [0.2, 0.25) is 0 Å². The first kappa shape index (κ1) is 20.7. The van der Waals surface area contributed by atoms with Crippen LogP contribution in [0.15, 0.2) is 52.4 Å². The maximum atomic E-state index is 14.8. The number of nitrogens with zero attached hydrogens (tertiary/aromatic N) is 3. The molecular weight excluding hydrogens is 397 g/mol. The summed E-state index contributed by atoms with van der Waals surface area (Å²) in [4.78, 5) is 22.1. The number of carbonyl (C=O) groups excluding carboxylic acids is 1. The van der Waals surface area contributed by atoms with Crippen LogP contribution in [0, 0.1) is 12.7 Å². The number of amides is 1. The number of rotatable bonds is 5. The molecule has 0 aromatic heterocycles. The van der Waals surface area contributed by atoms with Crippen LogP contribution < -0.4 is 4.90 Å². The maximum Gasteiger partial charge on any atom is 0.266 e. The number of hydrogen-bond acceptors (Lipinski definition) is 4. The first-order valence-corrected chi connectivity index (χ1v) is 11.3. The van der Waals surface area contributed by atoms with Gasteiger partial charge in [-0.2, -0.15) is 0 Å². The van der Waals surface area contributed by atoms with Crippen LogP contribution in [0.25, 0.3) is 6.08 Å². The summed E-state index contributed by atoms with van der Waals surface area (Å²) in [5.41, 5.74) is 3.18. The zero-order valence-electron chi connectivity index (χ0n) is 17.4. The summed E-state index contributed by atoms with van der Waals surface area (Å²) in [6.45, 7) is 6.41. The van der Waals surface area contributed by atoms with Gasteiger partial charge in [0.25, 0.3) is 5.91 Å². The molecule has 0 atom stereocenters. The largest absolute Gasteiger partial charge is 0.369 e. The molecule has 156 valence electrons. The number of aryl methyl sites for hydroxylation is 1. The molecule has 0 N–H and O–H groups in total. The van der Waals surface area contributed by atoms with Gasteiger partial charge in [-0.05, 0) is 79.4 Å². The first-order valence-electron chi connectivity index (χ1n) is 10.5. The molecule has 2 aliphatic rings. The van der Waals surface area contributed by atoms with Gasteiger partial charge in [0.15, 0.2) is 5.17 Å². The molecule has 0 spiro atoms. The Kier molecular flexibility index (Phi) is 6.23. The lowest BCUT2D eigenvalue weighted by molar-refractivity contribution is -0.122. The Morgan fingerprint density at radius 3 is 2.60 bits per heavy atom. The van der Waals surface area contributed by atoms with E-state index in [2.05, 4.69) is 9.89 Å². The van der Waals surface area contributed by atoms with Crippen LogP contribution in [0.3, 0.4) is 0 Å². The number of carbonyl (C=O) groups is 1. The number of aliphatic imine (C=N–C) groups is 1. The molecule has 4 nitrogen and oxygen atoms in total. The van der Waals surface area contributed by atoms with Crippen molar-refractivity contribution >= 4 is 40.3 Å². The topological polar surface area (TPSA) is 35.9 Å². The van der Waals surface area contributed by atoms with Crippen molar-refractivity contribution in [3.05, 3.63) is 64.3 Å². The van der Waals surface area contributed by atoms with Crippen LogP contribution in [0.1, 0.15) is 37.3 Å². The van der Waals surface area contributed by atoms with Crippen molar-refractivity contribution in [1.82, 2.24) is 4.90 Å². The van der Waals surface area contributed by atoms with Crippen LogP contribution in [0.5, 0.6) is 0 Å². The molecule has 2 fully saturated rings. The summed E-state index contributed by atoms with van der Waals surface area (Å²) in [6.07, 6.45) is 4.85. The Labute approximate surface area is 181 Å². The molecule has 0 saturated carbocycles. The van der Waals surface area contributed by atoms with Crippen LogP contribution in [-0.2, 0) is 4.79 Å². The zero-order valence-corrected chi connectivity index (χ0v) is 18.2. The summed E-state index contributed by atoms with van der Waals surface area (Å²) in [6, 6.07) is 13.1. The number of para-hydroxylation sites is 1. The molecule has 2 aromatic rings. The lowest BCUT2D eigenvalue weighted by Crippen LogP contribution is -2.29. The second-order valence-corrected chi connectivity index (χ2v) is 8.66. The Morgan fingerprint density at radius 2 is 1.90 bits per heavy atom. The molecule has 0 unspecified atom stereocenters. The Bertz CT molecular complexity index is 997. The van der Waals surface area contributed by atoms with Gasteiger partial charge in [0.1, 0.15) is 5.82 Å². The molecule has 0 radical (unpaired) electrons. The molecule has 0 bridgehead atoms. The summed E-state index contributed by atoms with van der Waals surface area (Å²) in [5.74, 6) is -0.298. The van der Waals surface area contributed by atoms with Gasteiger partial charge < -0.3 is 4.90 Å². The quantitative estimate of drug-likeness (QED) is 0.575. The van der Waals surface area contributed by atoms with Crippen molar-refractivity contribution in [2.45, 2.75) is 33.1 Å². The van der Waals surface area contributed by atoms with Crippen molar-refractivity contribution < 1.29 is 9.18 Å². The predicted octanol–water partition coefficient (Wildman–Crippen LogP) is 5.75. The SMILES string of the molecule is CCCN1C(=O)/C(=C/c2cc(F)c(N3CCCC3)cc2C)SC1=Nc1ccccc1. The number of anilines is 1. The molecule has 2 saturated heterocycles. The van der Waals surface area contributed by atoms with E-state index in [1.54, 1.807) is 17.0 Å². The Morgan fingerprint density at radius 1 is 1.17 bits per heavy atom. The Balaban J connectivity index is 1.65. The van der Waals surface area contributed by atoms with Crippen LogP contribution >= 0.6 is 11.8 Å². The lowest BCUT2D eigenvalue weighted by Gasteiger charge is -2.19. The third-order valence-electron chi connectivity index (χ3n) is 5.39. The molecular formula is C24H26FN3OS. The van der Waals surface area contributed by atoms with Crippen molar-refractivity contribution in [3.63, 3.8) is 0 Å². The highest BCUT2D eigenvalue weighted by molar-refractivity contribution is 8.18. The molecule has 2 heterocycles. The zero-order chi connectivity index (χ0) is 21.1. The molecule has 1 amide bonds. The van der Waals surface area contributed by atoms with Crippen molar-refractivity contribution in [3.8, 4) is 0 Å². The van der Waals surface area contributed by atoms with E-state index in [-0.39, 0.29) is 11.7 Å². The number of benzene rings is 2. The van der Waals surface area contributed by atoms with E-state index in [1.165, 1.54) is 11.8 Å². The van der Waals surface area contributed by atoms with E-state index in [0.29, 0.717) is 22.3 Å². The van der Waals surface area contributed by atoms with E-state index >= 15 is 0 Å². The number of thioether (sulfide) groups is 1. The second-order valence-electron chi connectivity index (χ2n) is 7.65. The second kappa shape index (κ2) is 9.04. The predicted molar refractivity (Wildman–Crippen MR) is 124 cm³/mol. The van der Waals surface area contributed by atoms with Crippen molar-refractivity contribution in [2.24, 2.45) is 4.99 Å². The fourth-order valence-corrected chi connectivity index (χ4v) is 4.82. The standard InChI is InChI=1S/C24H26FN3OS/c1-3-11-28-23(29)22(30-24(28)26-19-9-5-4-6-10-19)16-18-15-20(25)21(14-17(18)2)27-12-7-8-13-27/h4-6,9-10,14-16H,3,7-8,11-13H2,1-2H3/b22-16-,26-24?. The maximum absolute atomic E-state index is 14.8. The van der Waals surface area contributed by atoms with Gasteiger partial charge in [0, 0.05) is 19.6 Å².